The minimum atomic E-state index is 0.453. The summed E-state index contributed by atoms with van der Waals surface area (Å²) in [6.07, 6.45) is 1.85. The fraction of sp³-hybridized carbons (Fsp3) is 0.385. The lowest BCUT2D eigenvalue weighted by molar-refractivity contribution is 0.301. The van der Waals surface area contributed by atoms with Gasteiger partial charge in [0.2, 0.25) is 0 Å². The molecule has 0 aliphatic heterocycles. The molecule has 1 aromatic heterocycles. The molecule has 0 aliphatic rings. The van der Waals surface area contributed by atoms with E-state index in [1.54, 1.807) is 4.68 Å². The van der Waals surface area contributed by atoms with Crippen molar-refractivity contribution in [3.63, 3.8) is 0 Å². The second-order valence-electron chi connectivity index (χ2n) is 4.40. The van der Waals surface area contributed by atoms with Crippen molar-refractivity contribution < 1.29 is 4.74 Å². The molecule has 0 atom stereocenters. The van der Waals surface area contributed by atoms with E-state index in [0.29, 0.717) is 12.5 Å². The lowest BCUT2D eigenvalue weighted by Gasteiger charge is -2.07. The van der Waals surface area contributed by atoms with Crippen LogP contribution < -0.4 is 4.74 Å². The maximum Gasteiger partial charge on any atom is 0.134 e. The summed E-state index contributed by atoms with van der Waals surface area (Å²) in [6, 6.07) is 8.17. The molecule has 4 nitrogen and oxygen atoms in total. The van der Waals surface area contributed by atoms with Crippen LogP contribution in [-0.4, -0.2) is 15.0 Å². The van der Waals surface area contributed by atoms with E-state index in [9.17, 15) is 0 Å². The Bertz CT molecular complexity index is 474. The van der Waals surface area contributed by atoms with E-state index in [1.165, 1.54) is 5.56 Å². The first-order chi connectivity index (χ1) is 8.15. The number of hydrogen-bond donors (Lipinski definition) is 0. The SMILES string of the molecule is CC(C)c1ccc(OCc2cn(C)nn2)cc1. The van der Waals surface area contributed by atoms with Crippen LogP contribution in [0.5, 0.6) is 5.75 Å². The molecule has 0 fully saturated rings. The molecule has 17 heavy (non-hydrogen) atoms. The molecule has 0 saturated heterocycles. The van der Waals surface area contributed by atoms with Gasteiger partial charge in [-0.25, -0.2) is 0 Å². The molecule has 1 heterocycles. The Morgan fingerprint density at radius 2 is 1.94 bits per heavy atom. The van der Waals surface area contributed by atoms with Crippen molar-refractivity contribution in [3.05, 3.63) is 41.7 Å². The van der Waals surface area contributed by atoms with Crippen molar-refractivity contribution in [2.24, 2.45) is 7.05 Å². The van der Waals surface area contributed by atoms with E-state index >= 15 is 0 Å². The number of nitrogens with zero attached hydrogens (tertiary/aromatic N) is 3. The van der Waals surface area contributed by atoms with Gasteiger partial charge in [-0.15, -0.1) is 5.10 Å². The fourth-order valence-corrected chi connectivity index (χ4v) is 1.57. The van der Waals surface area contributed by atoms with Crippen molar-refractivity contribution in [1.29, 1.82) is 0 Å². The normalized spacial score (nSPS) is 10.8. The van der Waals surface area contributed by atoms with Gasteiger partial charge in [-0.3, -0.25) is 4.68 Å². The number of rotatable bonds is 4. The lowest BCUT2D eigenvalue weighted by Crippen LogP contribution is -1.96. The average Bonchev–Trinajstić information content (AvgIpc) is 2.73. The summed E-state index contributed by atoms with van der Waals surface area (Å²) >= 11 is 0. The van der Waals surface area contributed by atoms with Gasteiger partial charge in [-0.2, -0.15) is 0 Å². The van der Waals surface area contributed by atoms with Crippen molar-refractivity contribution in [2.75, 3.05) is 0 Å². The summed E-state index contributed by atoms with van der Waals surface area (Å²) in [6.45, 7) is 4.81. The zero-order chi connectivity index (χ0) is 12.3. The summed E-state index contributed by atoms with van der Waals surface area (Å²) in [7, 11) is 1.84. The second kappa shape index (κ2) is 4.99. The molecule has 0 unspecified atom stereocenters. The van der Waals surface area contributed by atoms with Gasteiger partial charge in [-0.1, -0.05) is 31.2 Å². The van der Waals surface area contributed by atoms with Gasteiger partial charge in [0.25, 0.3) is 0 Å². The highest BCUT2D eigenvalue weighted by Gasteiger charge is 2.01. The van der Waals surface area contributed by atoms with Gasteiger partial charge in [-0.05, 0) is 23.6 Å². The highest BCUT2D eigenvalue weighted by molar-refractivity contribution is 5.28. The molecule has 0 saturated carbocycles. The highest BCUT2D eigenvalue weighted by Crippen LogP contribution is 2.19. The third-order valence-electron chi connectivity index (χ3n) is 2.58. The van der Waals surface area contributed by atoms with E-state index in [1.807, 2.05) is 25.4 Å². The number of ether oxygens (including phenoxy) is 1. The zero-order valence-corrected chi connectivity index (χ0v) is 10.4. The minimum Gasteiger partial charge on any atom is -0.487 e. The zero-order valence-electron chi connectivity index (χ0n) is 10.4. The Morgan fingerprint density at radius 3 is 2.47 bits per heavy atom. The number of aromatic nitrogens is 3. The standard InChI is InChI=1S/C13H17N3O/c1-10(2)11-4-6-13(7-5-11)17-9-12-8-16(3)15-14-12/h4-8,10H,9H2,1-3H3. The number of benzene rings is 1. The molecule has 0 bridgehead atoms. The average molecular weight is 231 g/mol. The Labute approximate surface area is 101 Å². The first kappa shape index (κ1) is 11.6. The van der Waals surface area contributed by atoms with Crippen LogP contribution in [0.2, 0.25) is 0 Å². The molecule has 4 heteroatoms. The predicted octanol–water partition coefficient (Wildman–Crippen LogP) is 2.52. The second-order valence-corrected chi connectivity index (χ2v) is 4.40. The highest BCUT2D eigenvalue weighted by atomic mass is 16.5. The van der Waals surface area contributed by atoms with Crippen molar-refractivity contribution in [1.82, 2.24) is 15.0 Å². The maximum atomic E-state index is 5.62. The van der Waals surface area contributed by atoms with Crippen LogP contribution in [0.15, 0.2) is 30.5 Å². The molecule has 2 aromatic rings. The maximum absolute atomic E-state index is 5.62. The van der Waals surface area contributed by atoms with E-state index in [0.717, 1.165) is 11.4 Å². The van der Waals surface area contributed by atoms with Gasteiger partial charge in [0, 0.05) is 7.05 Å². The van der Waals surface area contributed by atoms with Crippen molar-refractivity contribution >= 4 is 0 Å². The monoisotopic (exact) mass is 231 g/mol. The lowest BCUT2D eigenvalue weighted by atomic mass is 10.0. The van der Waals surface area contributed by atoms with Gasteiger partial charge in [0.1, 0.15) is 18.1 Å². The molecule has 0 aliphatic carbocycles. The van der Waals surface area contributed by atoms with Crippen LogP contribution in [-0.2, 0) is 13.7 Å². The van der Waals surface area contributed by atoms with Crippen molar-refractivity contribution in [2.45, 2.75) is 26.4 Å². The number of aryl methyl sites for hydroxylation is 1. The van der Waals surface area contributed by atoms with E-state index in [-0.39, 0.29) is 0 Å². The van der Waals surface area contributed by atoms with Gasteiger partial charge in [0.05, 0.1) is 6.20 Å². The summed E-state index contributed by atoms with van der Waals surface area (Å²) < 4.78 is 7.29. The first-order valence-electron chi connectivity index (χ1n) is 5.73. The van der Waals surface area contributed by atoms with E-state index < -0.39 is 0 Å². The Hall–Kier alpha value is -1.84. The molecule has 90 valence electrons. The molecular formula is C13H17N3O. The molecule has 0 amide bonds. The van der Waals surface area contributed by atoms with Crippen LogP contribution in [0.4, 0.5) is 0 Å². The topological polar surface area (TPSA) is 39.9 Å². The fourth-order valence-electron chi connectivity index (χ4n) is 1.57. The number of hydrogen-bond acceptors (Lipinski definition) is 3. The Kier molecular flexibility index (Phi) is 3.42. The molecular weight excluding hydrogens is 214 g/mol. The summed E-state index contributed by atoms with van der Waals surface area (Å²) in [5.41, 5.74) is 2.15. The van der Waals surface area contributed by atoms with Crippen LogP contribution in [0, 0.1) is 0 Å². The van der Waals surface area contributed by atoms with Crippen LogP contribution in [0.1, 0.15) is 31.0 Å². The van der Waals surface area contributed by atoms with E-state index in [2.05, 4.69) is 36.3 Å². The third kappa shape index (κ3) is 3.06. The first-order valence-corrected chi connectivity index (χ1v) is 5.73. The smallest absolute Gasteiger partial charge is 0.134 e. The van der Waals surface area contributed by atoms with Crippen LogP contribution >= 0.6 is 0 Å². The third-order valence-corrected chi connectivity index (χ3v) is 2.58. The van der Waals surface area contributed by atoms with E-state index in [4.69, 9.17) is 4.74 Å². The quantitative estimate of drug-likeness (QED) is 0.811. The predicted molar refractivity (Wildman–Crippen MR) is 65.9 cm³/mol. The molecule has 0 N–H and O–H groups in total. The molecule has 0 radical (unpaired) electrons. The molecule has 2 rings (SSSR count). The largest absolute Gasteiger partial charge is 0.487 e. The van der Waals surface area contributed by atoms with Crippen LogP contribution in [0.3, 0.4) is 0 Å². The molecule has 1 aromatic carbocycles. The van der Waals surface area contributed by atoms with Gasteiger partial charge < -0.3 is 4.74 Å². The summed E-state index contributed by atoms with van der Waals surface area (Å²) in [4.78, 5) is 0. The summed E-state index contributed by atoms with van der Waals surface area (Å²) in [5.74, 6) is 1.41. The van der Waals surface area contributed by atoms with Crippen molar-refractivity contribution in [3.8, 4) is 5.75 Å². The van der Waals surface area contributed by atoms with Gasteiger partial charge in [0.15, 0.2) is 0 Å². The summed E-state index contributed by atoms with van der Waals surface area (Å²) in [5, 5.41) is 7.82. The Balaban J connectivity index is 1.95. The van der Waals surface area contributed by atoms with Gasteiger partial charge >= 0.3 is 0 Å². The minimum absolute atomic E-state index is 0.453. The molecule has 0 spiro atoms. The Morgan fingerprint density at radius 1 is 1.24 bits per heavy atom. The van der Waals surface area contributed by atoms with Crippen LogP contribution in [0.25, 0.3) is 0 Å².